The van der Waals surface area contributed by atoms with Crippen LogP contribution in [0.25, 0.3) is 0 Å². The number of aryl methyl sites for hydroxylation is 1. The number of nitrogens with zero attached hydrogens (tertiary/aromatic N) is 1. The Balaban J connectivity index is 2.91. The number of hydrogen-bond acceptors (Lipinski definition) is 4. The van der Waals surface area contributed by atoms with Crippen molar-refractivity contribution in [1.82, 2.24) is 14.7 Å². The van der Waals surface area contributed by atoms with E-state index in [4.69, 9.17) is 5.73 Å². The predicted molar refractivity (Wildman–Crippen MR) is 66.2 cm³/mol. The van der Waals surface area contributed by atoms with Crippen molar-refractivity contribution in [2.24, 2.45) is 5.73 Å². The zero-order valence-electron chi connectivity index (χ0n) is 10.6. The minimum Gasteiger partial charge on any atom is -0.370 e. The van der Waals surface area contributed by atoms with Crippen molar-refractivity contribution in [2.75, 3.05) is 0 Å². The number of primary amides is 1. The van der Waals surface area contributed by atoms with Gasteiger partial charge in [-0.05, 0) is 13.8 Å². The van der Waals surface area contributed by atoms with Crippen molar-refractivity contribution in [3.05, 3.63) is 12.0 Å². The molecule has 0 aliphatic heterocycles. The third-order valence-electron chi connectivity index (χ3n) is 2.26. The molecule has 8 heteroatoms. The monoisotopic (exact) mass is 274 g/mol. The Morgan fingerprint density at radius 3 is 2.61 bits per heavy atom. The van der Waals surface area contributed by atoms with Crippen LogP contribution >= 0.6 is 0 Å². The second-order valence-electron chi connectivity index (χ2n) is 4.68. The Kier molecular flexibility index (Phi) is 4.12. The van der Waals surface area contributed by atoms with E-state index < -0.39 is 21.5 Å². The van der Waals surface area contributed by atoms with E-state index in [1.807, 2.05) is 6.92 Å². The first-order chi connectivity index (χ1) is 8.16. The third-order valence-corrected chi connectivity index (χ3v) is 3.86. The highest BCUT2D eigenvalue weighted by atomic mass is 32.2. The average Bonchev–Trinajstić information content (AvgIpc) is 2.61. The zero-order chi connectivity index (χ0) is 14.0. The highest BCUT2D eigenvalue weighted by Gasteiger charge is 2.28. The van der Waals surface area contributed by atoms with Crippen LogP contribution in [-0.2, 0) is 21.2 Å². The minimum atomic E-state index is -3.73. The van der Waals surface area contributed by atoms with Gasteiger partial charge in [-0.2, -0.15) is 0 Å². The van der Waals surface area contributed by atoms with E-state index in [0.717, 1.165) is 0 Å². The summed E-state index contributed by atoms with van der Waals surface area (Å²) in [7, 11) is -3.73. The molecule has 0 saturated heterocycles. The Morgan fingerprint density at radius 1 is 1.56 bits per heavy atom. The fraction of sp³-hybridized carbons (Fsp3) is 0.600. The number of aromatic nitrogens is 2. The molecule has 102 valence electrons. The van der Waals surface area contributed by atoms with Crippen LogP contribution in [-0.4, -0.2) is 29.8 Å². The summed E-state index contributed by atoms with van der Waals surface area (Å²) >= 11 is 0. The Labute approximate surface area is 106 Å². The van der Waals surface area contributed by atoms with E-state index in [1.165, 1.54) is 6.20 Å². The maximum absolute atomic E-state index is 12.0. The van der Waals surface area contributed by atoms with Crippen LogP contribution in [0, 0.1) is 0 Å². The minimum absolute atomic E-state index is 0.0168. The summed E-state index contributed by atoms with van der Waals surface area (Å²) in [6, 6.07) is 0. The van der Waals surface area contributed by atoms with Gasteiger partial charge in [-0.15, -0.1) is 0 Å². The van der Waals surface area contributed by atoms with Gasteiger partial charge in [0.2, 0.25) is 5.91 Å². The standard InChI is InChI=1S/C10H18N4O3S/c1-4-8-12-6-9(13-8)18(16,17)14-10(2,3)5-7(11)15/h6,14H,4-5H2,1-3H3,(H2,11,15)(H,12,13). The molecule has 18 heavy (non-hydrogen) atoms. The molecule has 0 fully saturated rings. The van der Waals surface area contributed by atoms with E-state index in [0.29, 0.717) is 12.2 Å². The summed E-state index contributed by atoms with van der Waals surface area (Å²) in [5.41, 5.74) is 4.13. The number of nitrogens with one attached hydrogen (secondary N) is 2. The molecular formula is C10H18N4O3S. The number of imidazole rings is 1. The molecular weight excluding hydrogens is 256 g/mol. The number of carbonyl (C=O) groups is 1. The molecule has 0 unspecified atom stereocenters. The second-order valence-corrected chi connectivity index (χ2v) is 6.33. The van der Waals surface area contributed by atoms with Crippen LogP contribution in [0.2, 0.25) is 0 Å². The lowest BCUT2D eigenvalue weighted by Gasteiger charge is -2.23. The van der Waals surface area contributed by atoms with Crippen LogP contribution in [0.15, 0.2) is 11.2 Å². The van der Waals surface area contributed by atoms with Gasteiger partial charge in [0.1, 0.15) is 5.82 Å². The maximum Gasteiger partial charge on any atom is 0.258 e. The average molecular weight is 274 g/mol. The largest absolute Gasteiger partial charge is 0.370 e. The summed E-state index contributed by atoms with van der Waals surface area (Å²) in [5.74, 6) is 0.0182. The number of H-pyrrole nitrogens is 1. The van der Waals surface area contributed by atoms with E-state index in [1.54, 1.807) is 13.8 Å². The van der Waals surface area contributed by atoms with E-state index in [-0.39, 0.29) is 11.4 Å². The van der Waals surface area contributed by atoms with E-state index >= 15 is 0 Å². The molecule has 0 aliphatic rings. The Bertz CT molecular complexity index is 533. The van der Waals surface area contributed by atoms with Gasteiger partial charge in [0.15, 0.2) is 5.03 Å². The molecule has 0 aromatic carbocycles. The summed E-state index contributed by atoms with van der Waals surface area (Å²) in [6.45, 7) is 5.04. The molecule has 0 atom stereocenters. The van der Waals surface area contributed by atoms with Gasteiger partial charge in [-0.3, -0.25) is 4.79 Å². The van der Waals surface area contributed by atoms with Crippen molar-refractivity contribution in [3.8, 4) is 0 Å². The van der Waals surface area contributed by atoms with E-state index in [2.05, 4.69) is 14.7 Å². The molecule has 0 saturated carbocycles. The Hall–Kier alpha value is -1.41. The molecule has 0 radical (unpaired) electrons. The topological polar surface area (TPSA) is 118 Å². The number of hydrogen-bond donors (Lipinski definition) is 3. The van der Waals surface area contributed by atoms with Gasteiger partial charge >= 0.3 is 0 Å². The van der Waals surface area contributed by atoms with Crippen molar-refractivity contribution in [2.45, 2.75) is 44.2 Å². The molecule has 1 rings (SSSR count). The van der Waals surface area contributed by atoms with Gasteiger partial charge in [0, 0.05) is 18.4 Å². The number of sulfonamides is 1. The highest BCUT2D eigenvalue weighted by Crippen LogP contribution is 2.14. The lowest BCUT2D eigenvalue weighted by molar-refractivity contribution is -0.119. The molecule has 4 N–H and O–H groups in total. The van der Waals surface area contributed by atoms with Crippen LogP contribution in [0.5, 0.6) is 0 Å². The van der Waals surface area contributed by atoms with Crippen LogP contribution in [0.4, 0.5) is 0 Å². The maximum atomic E-state index is 12.0. The smallest absolute Gasteiger partial charge is 0.258 e. The number of aromatic amines is 1. The fourth-order valence-electron chi connectivity index (χ4n) is 1.55. The molecule has 0 bridgehead atoms. The van der Waals surface area contributed by atoms with Crippen LogP contribution < -0.4 is 10.5 Å². The lowest BCUT2D eigenvalue weighted by Crippen LogP contribution is -2.46. The summed E-state index contributed by atoms with van der Waals surface area (Å²) in [5, 5.41) is -0.0168. The molecule has 1 heterocycles. The molecule has 0 spiro atoms. The normalized spacial score (nSPS) is 12.6. The molecule has 0 aliphatic carbocycles. The molecule has 1 aromatic rings. The zero-order valence-corrected chi connectivity index (χ0v) is 11.5. The number of carbonyl (C=O) groups excluding carboxylic acids is 1. The Morgan fingerprint density at radius 2 is 2.17 bits per heavy atom. The predicted octanol–water partition coefficient (Wildman–Crippen LogP) is -0.0956. The van der Waals surface area contributed by atoms with Crippen LogP contribution in [0.1, 0.15) is 33.0 Å². The van der Waals surface area contributed by atoms with Crippen LogP contribution in [0.3, 0.4) is 0 Å². The number of amides is 1. The summed E-state index contributed by atoms with van der Waals surface area (Å²) < 4.78 is 26.5. The summed E-state index contributed by atoms with van der Waals surface area (Å²) in [4.78, 5) is 17.5. The molecule has 7 nitrogen and oxygen atoms in total. The van der Waals surface area contributed by atoms with Crippen molar-refractivity contribution < 1.29 is 13.2 Å². The van der Waals surface area contributed by atoms with E-state index in [9.17, 15) is 13.2 Å². The molecule has 1 amide bonds. The van der Waals surface area contributed by atoms with Crippen molar-refractivity contribution in [3.63, 3.8) is 0 Å². The molecule has 1 aromatic heterocycles. The van der Waals surface area contributed by atoms with Crippen molar-refractivity contribution >= 4 is 15.9 Å². The quantitative estimate of drug-likeness (QED) is 0.671. The lowest BCUT2D eigenvalue weighted by atomic mass is 10.0. The first-order valence-corrected chi connectivity index (χ1v) is 7.01. The van der Waals surface area contributed by atoms with Gasteiger partial charge in [-0.1, -0.05) is 6.92 Å². The number of rotatable bonds is 6. The van der Waals surface area contributed by atoms with Gasteiger partial charge in [0.25, 0.3) is 10.0 Å². The first-order valence-electron chi connectivity index (χ1n) is 5.52. The SMILES string of the molecule is CCc1ncc(S(=O)(=O)NC(C)(C)CC(N)=O)[nH]1. The van der Waals surface area contributed by atoms with Crippen molar-refractivity contribution in [1.29, 1.82) is 0 Å². The number of nitrogens with two attached hydrogens (primary N) is 1. The van der Waals surface area contributed by atoms with Gasteiger partial charge in [-0.25, -0.2) is 18.1 Å². The van der Waals surface area contributed by atoms with Gasteiger partial charge < -0.3 is 10.7 Å². The second kappa shape index (κ2) is 5.07. The fourth-order valence-corrected chi connectivity index (χ4v) is 2.90. The third kappa shape index (κ3) is 3.81. The first kappa shape index (κ1) is 14.7. The highest BCUT2D eigenvalue weighted by molar-refractivity contribution is 7.89. The summed E-state index contributed by atoms with van der Waals surface area (Å²) in [6.07, 6.45) is 1.78. The van der Waals surface area contributed by atoms with Gasteiger partial charge in [0.05, 0.1) is 6.20 Å².